The van der Waals surface area contributed by atoms with Crippen molar-refractivity contribution < 1.29 is 13.9 Å². The number of hydrogen-bond donors (Lipinski definition) is 0. The van der Waals surface area contributed by atoms with Crippen LogP contribution in [0.3, 0.4) is 0 Å². The predicted octanol–water partition coefficient (Wildman–Crippen LogP) is 3.83. The molecule has 1 fully saturated rings. The van der Waals surface area contributed by atoms with Crippen LogP contribution in [-0.4, -0.2) is 29.3 Å². The highest BCUT2D eigenvalue weighted by Gasteiger charge is 2.43. The molecule has 1 aromatic carbocycles. The summed E-state index contributed by atoms with van der Waals surface area (Å²) in [5.41, 5.74) is 3.48. The summed E-state index contributed by atoms with van der Waals surface area (Å²) in [6.45, 7) is 0.258. The molecule has 2 atom stereocenters. The number of cyclic esters (lactones) is 1. The van der Waals surface area contributed by atoms with Gasteiger partial charge in [-0.25, -0.2) is 9.18 Å². The molecule has 3 heterocycles. The number of halogens is 2. The summed E-state index contributed by atoms with van der Waals surface area (Å²) >= 11 is 5.07. The Hall–Kier alpha value is -1.14. The summed E-state index contributed by atoms with van der Waals surface area (Å²) in [5, 5.41) is 0.149. The summed E-state index contributed by atoms with van der Waals surface area (Å²) in [6, 6.07) is 4.98. The smallest absolute Gasteiger partial charge is 0.337 e. The second-order valence-electron chi connectivity index (χ2n) is 5.59. The number of hydrogen-bond acceptors (Lipinski definition) is 4. The summed E-state index contributed by atoms with van der Waals surface area (Å²) in [4.78, 5) is 16.8. The van der Waals surface area contributed by atoms with Crippen molar-refractivity contribution >= 4 is 39.4 Å². The highest BCUT2D eigenvalue weighted by Crippen LogP contribution is 2.46. The number of carbonyl (C=O) groups excluding carboxylic acids is 1. The molecule has 0 saturated carbocycles. The van der Waals surface area contributed by atoms with Crippen LogP contribution in [0.4, 0.5) is 4.39 Å². The van der Waals surface area contributed by atoms with Crippen LogP contribution in [0, 0.1) is 5.82 Å². The van der Waals surface area contributed by atoms with Crippen molar-refractivity contribution in [1.82, 2.24) is 0 Å². The Labute approximate surface area is 140 Å². The Morgan fingerprint density at radius 3 is 3.09 bits per heavy atom. The number of rotatable bonds is 1. The molecule has 22 heavy (non-hydrogen) atoms. The predicted molar refractivity (Wildman–Crippen MR) is 87.7 cm³/mol. The quantitative estimate of drug-likeness (QED) is 0.693. The topological polar surface area (TPSA) is 38.7 Å². The van der Waals surface area contributed by atoms with Crippen LogP contribution in [0.25, 0.3) is 0 Å². The number of aliphatic imine (C=N–C) groups is 1. The third kappa shape index (κ3) is 2.24. The molecule has 0 N–H and O–H groups in total. The van der Waals surface area contributed by atoms with Crippen molar-refractivity contribution in [3.63, 3.8) is 0 Å². The average Bonchev–Trinajstić information content (AvgIpc) is 2.89. The molecular formula is C16H13BrFNO2S. The Morgan fingerprint density at radius 2 is 2.27 bits per heavy atom. The van der Waals surface area contributed by atoms with Crippen LogP contribution < -0.4 is 0 Å². The van der Waals surface area contributed by atoms with Gasteiger partial charge in [0.1, 0.15) is 12.4 Å². The molecule has 0 aromatic heterocycles. The van der Waals surface area contributed by atoms with Gasteiger partial charge < -0.3 is 4.74 Å². The van der Waals surface area contributed by atoms with Crippen molar-refractivity contribution in [1.29, 1.82) is 0 Å². The fraction of sp³-hybridized carbons (Fsp3) is 0.375. The Morgan fingerprint density at radius 1 is 1.41 bits per heavy atom. The number of benzene rings is 1. The van der Waals surface area contributed by atoms with E-state index >= 15 is 0 Å². The van der Waals surface area contributed by atoms with Crippen LogP contribution in [0.15, 0.2) is 38.9 Å². The first-order valence-electron chi connectivity index (χ1n) is 7.19. The molecule has 1 saturated heterocycles. The number of fused-ring (bicyclic) bond motifs is 1. The molecule has 0 spiro atoms. The molecule has 3 nitrogen and oxygen atoms in total. The lowest BCUT2D eigenvalue weighted by Gasteiger charge is -2.34. The zero-order valence-corrected chi connectivity index (χ0v) is 14.0. The van der Waals surface area contributed by atoms with Gasteiger partial charge in [0.05, 0.1) is 21.0 Å². The fourth-order valence-corrected chi connectivity index (χ4v) is 5.10. The van der Waals surface area contributed by atoms with Crippen LogP contribution in [0.1, 0.15) is 24.3 Å². The van der Waals surface area contributed by atoms with Crippen molar-refractivity contribution in [2.45, 2.75) is 24.0 Å². The molecule has 1 aromatic rings. The minimum atomic E-state index is -0.298. The normalized spacial score (nSPS) is 27.2. The average molecular weight is 382 g/mol. The van der Waals surface area contributed by atoms with Gasteiger partial charge in [-0.3, -0.25) is 4.99 Å². The summed E-state index contributed by atoms with van der Waals surface area (Å²) in [5.74, 6) is 0.377. The van der Waals surface area contributed by atoms with Crippen molar-refractivity contribution in [3.8, 4) is 0 Å². The minimum absolute atomic E-state index is 0.0975. The van der Waals surface area contributed by atoms with E-state index < -0.39 is 0 Å². The molecule has 0 bridgehead atoms. The summed E-state index contributed by atoms with van der Waals surface area (Å²) in [7, 11) is 0. The third-order valence-corrected chi connectivity index (χ3v) is 6.30. The van der Waals surface area contributed by atoms with Gasteiger partial charge in [-0.05, 0) is 52.2 Å². The molecular weight excluding hydrogens is 369 g/mol. The van der Waals surface area contributed by atoms with E-state index in [1.807, 2.05) is 11.8 Å². The number of nitrogens with zero attached hydrogens (tertiary/aromatic N) is 1. The molecule has 4 rings (SSSR count). The van der Waals surface area contributed by atoms with Gasteiger partial charge in [0, 0.05) is 11.6 Å². The zero-order chi connectivity index (χ0) is 15.3. The van der Waals surface area contributed by atoms with E-state index in [1.54, 1.807) is 12.1 Å². The number of esters is 1. The van der Waals surface area contributed by atoms with E-state index in [9.17, 15) is 9.18 Å². The lowest BCUT2D eigenvalue weighted by atomic mass is 9.82. The SMILES string of the molecule is O=C1OCC2=C1C(c1ccc(F)c(Br)c1)C1SCCCC1=N2. The van der Waals surface area contributed by atoms with Crippen LogP contribution >= 0.6 is 27.7 Å². The minimum Gasteiger partial charge on any atom is -0.456 e. The largest absolute Gasteiger partial charge is 0.456 e. The van der Waals surface area contributed by atoms with Crippen LogP contribution in [0.5, 0.6) is 0 Å². The van der Waals surface area contributed by atoms with E-state index in [-0.39, 0.29) is 29.6 Å². The maximum atomic E-state index is 13.6. The Balaban J connectivity index is 1.85. The monoisotopic (exact) mass is 381 g/mol. The maximum absolute atomic E-state index is 13.6. The number of carbonyl (C=O) groups is 1. The van der Waals surface area contributed by atoms with Gasteiger partial charge in [-0.2, -0.15) is 11.8 Å². The van der Waals surface area contributed by atoms with Gasteiger partial charge in [0.15, 0.2) is 0 Å². The highest BCUT2D eigenvalue weighted by atomic mass is 79.9. The number of ether oxygens (including phenoxy) is 1. The maximum Gasteiger partial charge on any atom is 0.337 e. The van der Waals surface area contributed by atoms with E-state index in [1.165, 1.54) is 6.07 Å². The second-order valence-corrected chi connectivity index (χ2v) is 7.69. The van der Waals surface area contributed by atoms with Crippen LogP contribution in [-0.2, 0) is 9.53 Å². The first kappa shape index (κ1) is 14.5. The first-order valence-corrected chi connectivity index (χ1v) is 9.03. The standard InChI is InChI=1S/C16H13BrFNO2S/c17-9-6-8(3-4-10(9)18)13-14-12(7-21-16(14)20)19-11-2-1-5-22-15(11)13/h3-4,6,13,15H,1-2,5,7H2. The summed E-state index contributed by atoms with van der Waals surface area (Å²) < 4.78 is 19.2. The van der Waals surface area contributed by atoms with E-state index in [0.717, 1.165) is 35.6 Å². The molecule has 0 aliphatic carbocycles. The fourth-order valence-electron chi connectivity index (χ4n) is 3.29. The molecule has 2 unspecified atom stereocenters. The number of thioether (sulfide) groups is 1. The highest BCUT2D eigenvalue weighted by molar-refractivity contribution is 9.10. The first-order chi connectivity index (χ1) is 10.6. The van der Waals surface area contributed by atoms with Crippen molar-refractivity contribution in [2.75, 3.05) is 12.4 Å². The Bertz CT molecular complexity index is 731. The molecule has 3 aliphatic heterocycles. The molecule has 6 heteroatoms. The lowest BCUT2D eigenvalue weighted by Crippen LogP contribution is -2.34. The lowest BCUT2D eigenvalue weighted by molar-refractivity contribution is -0.136. The summed E-state index contributed by atoms with van der Waals surface area (Å²) in [6.07, 6.45) is 2.07. The van der Waals surface area contributed by atoms with Crippen molar-refractivity contribution in [3.05, 3.63) is 45.3 Å². The van der Waals surface area contributed by atoms with E-state index in [2.05, 4.69) is 20.9 Å². The van der Waals surface area contributed by atoms with Gasteiger partial charge in [0.2, 0.25) is 0 Å². The molecule has 0 radical (unpaired) electrons. The zero-order valence-electron chi connectivity index (χ0n) is 11.6. The van der Waals surface area contributed by atoms with Crippen LogP contribution in [0.2, 0.25) is 0 Å². The second kappa shape index (κ2) is 5.49. The van der Waals surface area contributed by atoms with Gasteiger partial charge >= 0.3 is 5.97 Å². The van der Waals surface area contributed by atoms with Gasteiger partial charge in [0.25, 0.3) is 0 Å². The molecule has 3 aliphatic rings. The van der Waals surface area contributed by atoms with E-state index in [4.69, 9.17) is 4.74 Å². The van der Waals surface area contributed by atoms with E-state index in [0.29, 0.717) is 10.0 Å². The Kier molecular flexibility index (Phi) is 3.61. The molecule has 0 amide bonds. The van der Waals surface area contributed by atoms with Crippen molar-refractivity contribution in [2.24, 2.45) is 4.99 Å². The molecule has 114 valence electrons. The third-order valence-electron chi connectivity index (χ3n) is 4.27. The van der Waals surface area contributed by atoms with Gasteiger partial charge in [-0.15, -0.1) is 0 Å². The van der Waals surface area contributed by atoms with Gasteiger partial charge in [-0.1, -0.05) is 6.07 Å².